The number of halogens is 1. The molecule has 1 atom stereocenters. The Bertz CT molecular complexity index is 351. The van der Waals surface area contributed by atoms with Gasteiger partial charge < -0.3 is 5.32 Å². The molecule has 0 radical (unpaired) electrons. The summed E-state index contributed by atoms with van der Waals surface area (Å²) in [6.07, 6.45) is 0.990. The molecule has 0 spiro atoms. The summed E-state index contributed by atoms with van der Waals surface area (Å²) in [4.78, 5) is 0. The molecule has 88 valence electrons. The summed E-state index contributed by atoms with van der Waals surface area (Å²) in [5.74, 6) is 0. The molecule has 1 rings (SSSR count). The molecule has 0 aromatic heterocycles. The first kappa shape index (κ1) is 13.5. The van der Waals surface area contributed by atoms with Gasteiger partial charge in [-0.3, -0.25) is 0 Å². The molecule has 16 heavy (non-hydrogen) atoms. The molecule has 2 heteroatoms. The molecule has 0 aliphatic rings. The Hall–Kier alpha value is -0.600. The molecule has 1 aromatic rings. The molecular formula is C14H20BrN. The first-order chi connectivity index (χ1) is 7.52. The van der Waals surface area contributed by atoms with Crippen LogP contribution < -0.4 is 5.32 Å². The molecule has 0 bridgehead atoms. The van der Waals surface area contributed by atoms with Gasteiger partial charge in [-0.15, -0.1) is 6.58 Å². The Kier molecular flexibility index (Phi) is 5.23. The van der Waals surface area contributed by atoms with Crippen LogP contribution in [0, 0.1) is 6.92 Å². The number of nitrogens with one attached hydrogen (secondary N) is 1. The number of benzene rings is 1. The molecule has 0 aliphatic heterocycles. The number of hydrogen-bond acceptors (Lipinski definition) is 1. The lowest BCUT2D eigenvalue weighted by atomic mass is 9.99. The highest BCUT2D eigenvalue weighted by Crippen LogP contribution is 2.24. The van der Waals surface area contributed by atoms with Gasteiger partial charge in [0.05, 0.1) is 0 Å². The highest BCUT2D eigenvalue weighted by molar-refractivity contribution is 9.10. The Labute approximate surface area is 107 Å². The van der Waals surface area contributed by atoms with E-state index in [-0.39, 0.29) is 0 Å². The average Bonchev–Trinajstić information content (AvgIpc) is 2.14. The number of aryl methyl sites for hydroxylation is 1. The Morgan fingerprint density at radius 2 is 2.12 bits per heavy atom. The third-order valence-corrected chi connectivity index (χ3v) is 2.93. The summed E-state index contributed by atoms with van der Waals surface area (Å²) >= 11 is 3.55. The lowest BCUT2D eigenvalue weighted by molar-refractivity contribution is 0.548. The second-order valence-corrected chi connectivity index (χ2v) is 5.25. The van der Waals surface area contributed by atoms with E-state index < -0.39 is 0 Å². The number of rotatable bonds is 5. The van der Waals surface area contributed by atoms with Crippen LogP contribution in [0.5, 0.6) is 0 Å². The fourth-order valence-electron chi connectivity index (χ4n) is 1.87. The first-order valence-corrected chi connectivity index (χ1v) is 6.47. The summed E-state index contributed by atoms with van der Waals surface area (Å²) in [6.45, 7) is 11.3. The van der Waals surface area contributed by atoms with Gasteiger partial charge in [-0.05, 0) is 50.1 Å². The van der Waals surface area contributed by atoms with E-state index in [1.807, 2.05) is 0 Å². The van der Waals surface area contributed by atoms with E-state index in [1.165, 1.54) is 16.7 Å². The predicted octanol–water partition coefficient (Wildman–Crippen LogP) is 4.37. The SMILES string of the molecule is C=C(C)CC(NCC)c1cc(C)cc(Br)c1. The van der Waals surface area contributed by atoms with Gasteiger partial charge in [-0.2, -0.15) is 0 Å². The van der Waals surface area contributed by atoms with Crippen LogP contribution >= 0.6 is 15.9 Å². The molecule has 1 nitrogen and oxygen atoms in total. The van der Waals surface area contributed by atoms with Gasteiger partial charge in [0.15, 0.2) is 0 Å². The molecule has 1 aromatic carbocycles. The summed E-state index contributed by atoms with van der Waals surface area (Å²) in [7, 11) is 0. The third-order valence-electron chi connectivity index (χ3n) is 2.47. The minimum absolute atomic E-state index is 0.374. The summed E-state index contributed by atoms with van der Waals surface area (Å²) in [5, 5.41) is 3.50. The quantitative estimate of drug-likeness (QED) is 0.790. The average molecular weight is 282 g/mol. The van der Waals surface area contributed by atoms with Gasteiger partial charge in [0.1, 0.15) is 0 Å². The number of hydrogen-bond donors (Lipinski definition) is 1. The standard InChI is InChI=1S/C14H20BrN/c1-5-16-14(6-10(2)3)12-7-11(4)8-13(15)9-12/h7-9,14,16H,2,5-6H2,1,3-4H3. The second-order valence-electron chi connectivity index (χ2n) is 4.33. The molecular weight excluding hydrogens is 262 g/mol. The van der Waals surface area contributed by atoms with E-state index in [9.17, 15) is 0 Å². The van der Waals surface area contributed by atoms with Gasteiger partial charge >= 0.3 is 0 Å². The lowest BCUT2D eigenvalue weighted by Crippen LogP contribution is -2.21. The van der Waals surface area contributed by atoms with E-state index in [1.54, 1.807) is 0 Å². The van der Waals surface area contributed by atoms with Crippen LogP contribution in [0.3, 0.4) is 0 Å². The van der Waals surface area contributed by atoms with Crippen molar-refractivity contribution < 1.29 is 0 Å². The minimum atomic E-state index is 0.374. The molecule has 0 saturated carbocycles. The predicted molar refractivity (Wildman–Crippen MR) is 74.7 cm³/mol. The van der Waals surface area contributed by atoms with E-state index in [2.05, 4.69) is 66.8 Å². The Balaban J connectivity index is 2.95. The largest absolute Gasteiger partial charge is 0.310 e. The van der Waals surface area contributed by atoms with Crippen LogP contribution in [-0.2, 0) is 0 Å². The van der Waals surface area contributed by atoms with Crippen molar-refractivity contribution in [2.24, 2.45) is 0 Å². The van der Waals surface area contributed by atoms with Crippen LogP contribution in [0.4, 0.5) is 0 Å². The van der Waals surface area contributed by atoms with E-state index >= 15 is 0 Å². The van der Waals surface area contributed by atoms with E-state index in [0.717, 1.165) is 17.4 Å². The zero-order valence-electron chi connectivity index (χ0n) is 10.3. The summed E-state index contributed by atoms with van der Waals surface area (Å²) < 4.78 is 1.15. The minimum Gasteiger partial charge on any atom is -0.310 e. The van der Waals surface area contributed by atoms with Crippen LogP contribution in [0.25, 0.3) is 0 Å². The van der Waals surface area contributed by atoms with Crippen molar-refractivity contribution in [2.75, 3.05) is 6.54 Å². The van der Waals surface area contributed by atoms with E-state index in [0.29, 0.717) is 6.04 Å². The van der Waals surface area contributed by atoms with Crippen LogP contribution in [-0.4, -0.2) is 6.54 Å². The lowest BCUT2D eigenvalue weighted by Gasteiger charge is -2.19. The van der Waals surface area contributed by atoms with E-state index in [4.69, 9.17) is 0 Å². The molecule has 0 fully saturated rings. The van der Waals surface area contributed by atoms with Crippen LogP contribution in [0.2, 0.25) is 0 Å². The molecule has 0 saturated heterocycles. The fraction of sp³-hybridized carbons (Fsp3) is 0.429. The molecule has 0 heterocycles. The van der Waals surface area contributed by atoms with Crippen molar-refractivity contribution in [3.05, 3.63) is 46.0 Å². The molecule has 0 aliphatic carbocycles. The first-order valence-electron chi connectivity index (χ1n) is 5.67. The van der Waals surface area contributed by atoms with Gasteiger partial charge in [-0.25, -0.2) is 0 Å². The third kappa shape index (κ3) is 4.11. The Morgan fingerprint density at radius 3 is 2.62 bits per heavy atom. The van der Waals surface area contributed by atoms with Gasteiger partial charge in [0.25, 0.3) is 0 Å². The van der Waals surface area contributed by atoms with Crippen molar-refractivity contribution in [2.45, 2.75) is 33.2 Å². The van der Waals surface area contributed by atoms with Crippen molar-refractivity contribution in [1.29, 1.82) is 0 Å². The monoisotopic (exact) mass is 281 g/mol. The zero-order valence-corrected chi connectivity index (χ0v) is 11.9. The normalized spacial score (nSPS) is 12.5. The van der Waals surface area contributed by atoms with Crippen molar-refractivity contribution >= 4 is 15.9 Å². The highest BCUT2D eigenvalue weighted by atomic mass is 79.9. The van der Waals surface area contributed by atoms with Crippen molar-refractivity contribution in [3.8, 4) is 0 Å². The smallest absolute Gasteiger partial charge is 0.0357 e. The molecule has 0 amide bonds. The maximum atomic E-state index is 4.00. The summed E-state index contributed by atoms with van der Waals surface area (Å²) in [6, 6.07) is 6.93. The van der Waals surface area contributed by atoms with Gasteiger partial charge in [-0.1, -0.05) is 34.5 Å². The topological polar surface area (TPSA) is 12.0 Å². The van der Waals surface area contributed by atoms with Crippen LogP contribution in [0.15, 0.2) is 34.8 Å². The zero-order chi connectivity index (χ0) is 12.1. The molecule has 1 N–H and O–H groups in total. The second kappa shape index (κ2) is 6.21. The van der Waals surface area contributed by atoms with Gasteiger partial charge in [0.2, 0.25) is 0 Å². The van der Waals surface area contributed by atoms with Crippen molar-refractivity contribution in [3.63, 3.8) is 0 Å². The maximum Gasteiger partial charge on any atom is 0.0357 e. The fourth-order valence-corrected chi connectivity index (χ4v) is 2.49. The molecule has 1 unspecified atom stereocenters. The van der Waals surface area contributed by atoms with Gasteiger partial charge in [0, 0.05) is 10.5 Å². The Morgan fingerprint density at radius 1 is 1.44 bits per heavy atom. The van der Waals surface area contributed by atoms with Crippen LogP contribution in [0.1, 0.15) is 37.4 Å². The summed E-state index contributed by atoms with van der Waals surface area (Å²) in [5.41, 5.74) is 3.83. The van der Waals surface area contributed by atoms with Crippen molar-refractivity contribution in [1.82, 2.24) is 5.32 Å². The maximum absolute atomic E-state index is 4.00. The highest BCUT2D eigenvalue weighted by Gasteiger charge is 2.11.